The predicted octanol–water partition coefficient (Wildman–Crippen LogP) is 4.64. The van der Waals surface area contributed by atoms with E-state index in [9.17, 15) is 9.18 Å². The number of fused-ring (bicyclic) bond motifs is 1. The van der Waals surface area contributed by atoms with E-state index < -0.39 is 0 Å². The average molecular weight is 364 g/mol. The number of hydrogen-bond donors (Lipinski definition) is 1. The van der Waals surface area contributed by atoms with Crippen LogP contribution in [0.25, 0.3) is 10.9 Å². The largest absolute Gasteiger partial charge is 0.358 e. The molecule has 3 aromatic rings. The number of benzene rings is 2. The van der Waals surface area contributed by atoms with E-state index in [1.54, 1.807) is 18.2 Å². The van der Waals surface area contributed by atoms with E-state index >= 15 is 0 Å². The molecule has 1 amide bonds. The van der Waals surface area contributed by atoms with Crippen LogP contribution in [0.15, 0.2) is 48.5 Å². The van der Waals surface area contributed by atoms with Crippen molar-refractivity contribution < 1.29 is 9.18 Å². The van der Waals surface area contributed by atoms with Gasteiger partial charge in [0.15, 0.2) is 0 Å². The van der Waals surface area contributed by atoms with Crippen LogP contribution < -0.4 is 0 Å². The highest BCUT2D eigenvalue weighted by Gasteiger charge is 2.24. The first-order valence-electron chi connectivity index (χ1n) is 9.69. The maximum absolute atomic E-state index is 13.8. The van der Waals surface area contributed by atoms with Crippen molar-refractivity contribution in [2.45, 2.75) is 32.6 Å². The van der Waals surface area contributed by atoms with Crippen molar-refractivity contribution in [3.63, 3.8) is 0 Å². The van der Waals surface area contributed by atoms with Gasteiger partial charge in [0.05, 0.1) is 6.42 Å². The third-order valence-electron chi connectivity index (χ3n) is 5.79. The Balaban J connectivity index is 1.37. The van der Waals surface area contributed by atoms with E-state index in [1.165, 1.54) is 28.2 Å². The highest BCUT2D eigenvalue weighted by atomic mass is 19.1. The number of aromatic nitrogens is 1. The zero-order valence-electron chi connectivity index (χ0n) is 15.7. The maximum Gasteiger partial charge on any atom is 0.227 e. The molecule has 0 atom stereocenters. The maximum atomic E-state index is 13.8. The molecule has 0 aliphatic carbocycles. The Kier molecular flexibility index (Phi) is 4.97. The molecule has 1 N–H and O–H groups in total. The lowest BCUT2D eigenvalue weighted by Crippen LogP contribution is -2.39. The first-order chi connectivity index (χ1) is 13.1. The second-order valence-corrected chi connectivity index (χ2v) is 7.57. The number of rotatable bonds is 4. The summed E-state index contributed by atoms with van der Waals surface area (Å²) in [6.07, 6.45) is 3.20. The summed E-state index contributed by atoms with van der Waals surface area (Å²) in [6.45, 7) is 3.67. The van der Waals surface area contributed by atoms with Crippen molar-refractivity contribution in [3.05, 3.63) is 71.2 Å². The number of amides is 1. The topological polar surface area (TPSA) is 36.1 Å². The molecule has 0 saturated carbocycles. The molecule has 0 unspecified atom stereocenters. The number of H-pyrrole nitrogens is 1. The lowest BCUT2D eigenvalue weighted by molar-refractivity contribution is -0.131. The van der Waals surface area contributed by atoms with Crippen LogP contribution in [0.3, 0.4) is 0 Å². The molecular weight excluding hydrogens is 339 g/mol. The second-order valence-electron chi connectivity index (χ2n) is 7.57. The minimum atomic E-state index is -0.296. The minimum absolute atomic E-state index is 0.0295. The van der Waals surface area contributed by atoms with Gasteiger partial charge in [0.25, 0.3) is 0 Å². The van der Waals surface area contributed by atoms with Gasteiger partial charge in [0.2, 0.25) is 5.91 Å². The number of para-hydroxylation sites is 1. The molecule has 1 saturated heterocycles. The Morgan fingerprint density at radius 2 is 1.81 bits per heavy atom. The summed E-state index contributed by atoms with van der Waals surface area (Å²) in [7, 11) is 0. The van der Waals surface area contributed by atoms with E-state index in [-0.39, 0.29) is 18.1 Å². The van der Waals surface area contributed by atoms with E-state index in [1.807, 2.05) is 4.90 Å². The van der Waals surface area contributed by atoms with Gasteiger partial charge in [-0.3, -0.25) is 4.79 Å². The summed E-state index contributed by atoms with van der Waals surface area (Å²) in [5, 5.41) is 1.31. The number of aromatic amines is 1. The van der Waals surface area contributed by atoms with Crippen molar-refractivity contribution in [3.8, 4) is 0 Å². The molecular formula is C23H25FN2O. The van der Waals surface area contributed by atoms with Gasteiger partial charge < -0.3 is 9.88 Å². The number of aryl methyl sites for hydroxylation is 1. The summed E-state index contributed by atoms with van der Waals surface area (Å²) >= 11 is 0. The van der Waals surface area contributed by atoms with Crippen molar-refractivity contribution in [2.75, 3.05) is 13.1 Å². The van der Waals surface area contributed by atoms with Gasteiger partial charge in [0, 0.05) is 29.7 Å². The van der Waals surface area contributed by atoms with E-state index in [4.69, 9.17) is 0 Å². The molecule has 2 heterocycles. The van der Waals surface area contributed by atoms with Crippen LogP contribution >= 0.6 is 0 Å². The number of nitrogens with zero attached hydrogens (tertiary/aromatic N) is 1. The van der Waals surface area contributed by atoms with Crippen LogP contribution in [0.4, 0.5) is 4.39 Å². The summed E-state index contributed by atoms with van der Waals surface area (Å²) in [5.41, 5.74) is 4.33. The molecule has 27 heavy (non-hydrogen) atoms. The molecule has 4 heteroatoms. The molecule has 0 spiro atoms. The zero-order valence-corrected chi connectivity index (χ0v) is 15.7. The van der Waals surface area contributed by atoms with Crippen molar-refractivity contribution in [1.29, 1.82) is 0 Å². The number of likely N-dealkylation sites (tertiary alicyclic amines) is 1. The van der Waals surface area contributed by atoms with Crippen LogP contribution in [-0.2, 0) is 17.6 Å². The van der Waals surface area contributed by atoms with E-state index in [2.05, 4.69) is 36.2 Å². The zero-order chi connectivity index (χ0) is 18.8. The van der Waals surface area contributed by atoms with Crippen LogP contribution in [0.1, 0.15) is 29.7 Å². The number of carbonyl (C=O) groups is 1. The van der Waals surface area contributed by atoms with E-state index in [0.717, 1.165) is 32.4 Å². The fourth-order valence-electron chi connectivity index (χ4n) is 4.19. The first kappa shape index (κ1) is 17.8. The number of hydrogen-bond acceptors (Lipinski definition) is 1. The Bertz CT molecular complexity index is 954. The highest BCUT2D eigenvalue weighted by molar-refractivity contribution is 5.84. The Labute approximate surface area is 159 Å². The average Bonchev–Trinajstić information content (AvgIpc) is 2.99. The Morgan fingerprint density at radius 1 is 1.11 bits per heavy atom. The summed E-state index contributed by atoms with van der Waals surface area (Å²) in [5.74, 6) is 0.317. The fourth-order valence-corrected chi connectivity index (χ4v) is 4.19. The molecule has 4 rings (SSSR count). The molecule has 3 nitrogen and oxygen atoms in total. The number of nitrogens with one attached hydrogen (secondary N) is 1. The minimum Gasteiger partial charge on any atom is -0.358 e. The standard InChI is InChI=1S/C23H25FN2O/c1-16-20(19-7-3-5-9-22(19)25-16)14-17-10-12-26(13-11-17)23(27)15-18-6-2-4-8-21(18)24/h2-9,17,25H,10-15H2,1H3. The van der Waals surface area contributed by atoms with Gasteiger partial charge in [0.1, 0.15) is 5.82 Å². The monoisotopic (exact) mass is 364 g/mol. The third-order valence-corrected chi connectivity index (χ3v) is 5.79. The SMILES string of the molecule is Cc1[nH]c2ccccc2c1CC1CCN(C(=O)Cc2ccccc2F)CC1. The highest BCUT2D eigenvalue weighted by Crippen LogP contribution is 2.28. The number of halogens is 1. The number of carbonyl (C=O) groups excluding carboxylic acids is 1. The van der Waals surface area contributed by atoms with Crippen molar-refractivity contribution in [1.82, 2.24) is 9.88 Å². The summed E-state index contributed by atoms with van der Waals surface area (Å²) < 4.78 is 13.8. The van der Waals surface area contributed by atoms with Crippen molar-refractivity contribution in [2.24, 2.45) is 5.92 Å². The van der Waals surface area contributed by atoms with Gasteiger partial charge in [-0.15, -0.1) is 0 Å². The fraction of sp³-hybridized carbons (Fsp3) is 0.348. The molecule has 140 valence electrons. The summed E-state index contributed by atoms with van der Waals surface area (Å²) in [4.78, 5) is 17.9. The molecule has 1 aliphatic rings. The van der Waals surface area contributed by atoms with Crippen LogP contribution in [-0.4, -0.2) is 28.9 Å². The normalized spacial score (nSPS) is 15.4. The molecule has 1 aliphatic heterocycles. The van der Waals surface area contributed by atoms with Crippen LogP contribution in [0, 0.1) is 18.7 Å². The lowest BCUT2D eigenvalue weighted by atomic mass is 9.89. The smallest absolute Gasteiger partial charge is 0.227 e. The first-order valence-corrected chi connectivity index (χ1v) is 9.69. The number of piperidine rings is 1. The van der Waals surface area contributed by atoms with Crippen LogP contribution in [0.2, 0.25) is 0 Å². The molecule has 1 fully saturated rings. The molecule has 0 radical (unpaired) electrons. The Morgan fingerprint density at radius 3 is 2.59 bits per heavy atom. The second kappa shape index (κ2) is 7.55. The molecule has 2 aromatic carbocycles. The van der Waals surface area contributed by atoms with E-state index in [0.29, 0.717) is 11.5 Å². The van der Waals surface area contributed by atoms with Gasteiger partial charge in [-0.05, 0) is 55.4 Å². The summed E-state index contributed by atoms with van der Waals surface area (Å²) in [6, 6.07) is 15.0. The Hall–Kier alpha value is -2.62. The van der Waals surface area contributed by atoms with Gasteiger partial charge in [-0.2, -0.15) is 0 Å². The van der Waals surface area contributed by atoms with Crippen molar-refractivity contribution >= 4 is 16.8 Å². The quantitative estimate of drug-likeness (QED) is 0.719. The van der Waals surface area contributed by atoms with Gasteiger partial charge >= 0.3 is 0 Å². The van der Waals surface area contributed by atoms with Crippen LogP contribution in [0.5, 0.6) is 0 Å². The molecule has 1 aromatic heterocycles. The molecule has 0 bridgehead atoms. The van der Waals surface area contributed by atoms with Gasteiger partial charge in [-0.25, -0.2) is 4.39 Å². The third kappa shape index (κ3) is 3.75. The lowest BCUT2D eigenvalue weighted by Gasteiger charge is -2.32. The van der Waals surface area contributed by atoms with Gasteiger partial charge in [-0.1, -0.05) is 36.4 Å². The predicted molar refractivity (Wildman–Crippen MR) is 106 cm³/mol.